The highest BCUT2D eigenvalue weighted by molar-refractivity contribution is 6.01. The van der Waals surface area contributed by atoms with Gasteiger partial charge in [0.25, 0.3) is 0 Å². The number of benzene rings is 1. The lowest BCUT2D eigenvalue weighted by molar-refractivity contribution is -0.00330. The molecule has 0 spiro atoms. The van der Waals surface area contributed by atoms with Crippen LogP contribution < -0.4 is 0 Å². The van der Waals surface area contributed by atoms with Crippen LogP contribution in [-0.4, -0.2) is 51.7 Å². The molecule has 0 saturated carbocycles. The van der Waals surface area contributed by atoms with Crippen LogP contribution in [0.25, 0.3) is 11.0 Å². The number of para-hydroxylation sites is 1. The van der Waals surface area contributed by atoms with E-state index in [1.54, 1.807) is 23.4 Å². The molecule has 25 heavy (non-hydrogen) atoms. The van der Waals surface area contributed by atoms with Crippen molar-refractivity contribution in [3.8, 4) is 0 Å². The molecule has 0 unspecified atom stereocenters. The monoisotopic (exact) mass is 345 g/mol. The van der Waals surface area contributed by atoms with E-state index in [2.05, 4.69) is 9.97 Å². The highest BCUT2D eigenvalue weighted by atomic mass is 16.6. The first kappa shape index (κ1) is 17.3. The lowest BCUT2D eigenvalue weighted by Gasteiger charge is -2.33. The molecule has 1 aromatic heterocycles. The van der Waals surface area contributed by atoms with Crippen molar-refractivity contribution in [3.05, 3.63) is 30.1 Å². The van der Waals surface area contributed by atoms with Crippen molar-refractivity contribution in [2.45, 2.75) is 45.3 Å². The zero-order valence-corrected chi connectivity index (χ0v) is 14.7. The second-order valence-corrected chi connectivity index (χ2v) is 7.18. The molecule has 0 atom stereocenters. The van der Waals surface area contributed by atoms with Gasteiger partial charge in [0.1, 0.15) is 17.2 Å². The van der Waals surface area contributed by atoms with Gasteiger partial charge in [-0.1, -0.05) is 6.07 Å². The number of aromatic amines is 1. The van der Waals surface area contributed by atoms with Crippen molar-refractivity contribution in [1.82, 2.24) is 14.9 Å². The number of carbonyl (C=O) groups is 2. The third-order valence-electron chi connectivity index (χ3n) is 4.04. The van der Waals surface area contributed by atoms with Gasteiger partial charge in [-0.3, -0.25) is 0 Å². The number of imidazole rings is 1. The predicted molar refractivity (Wildman–Crippen MR) is 92.3 cm³/mol. The molecule has 1 aliphatic heterocycles. The van der Waals surface area contributed by atoms with Gasteiger partial charge in [0.05, 0.1) is 17.4 Å². The second-order valence-electron chi connectivity index (χ2n) is 7.18. The number of fused-ring (bicyclic) bond motifs is 1. The van der Waals surface area contributed by atoms with Gasteiger partial charge >= 0.3 is 12.1 Å². The molecule has 1 aliphatic rings. The number of ether oxygens (including phenoxy) is 2. The molecular weight excluding hydrogens is 322 g/mol. The quantitative estimate of drug-likeness (QED) is 0.845. The van der Waals surface area contributed by atoms with E-state index in [4.69, 9.17) is 9.47 Å². The Hall–Kier alpha value is -2.57. The molecule has 0 bridgehead atoms. The smallest absolute Gasteiger partial charge is 0.410 e. The zero-order valence-electron chi connectivity index (χ0n) is 14.7. The highest BCUT2D eigenvalue weighted by Crippen LogP contribution is 2.21. The SMILES string of the molecule is CC(C)(C)OC(=O)N1CCC(OC(=O)c2cccc3[nH]cnc23)CC1. The number of nitrogens with one attached hydrogen (secondary N) is 1. The number of hydrogen-bond donors (Lipinski definition) is 1. The number of rotatable bonds is 2. The van der Waals surface area contributed by atoms with E-state index in [0.717, 1.165) is 5.52 Å². The minimum atomic E-state index is -0.511. The van der Waals surface area contributed by atoms with Gasteiger partial charge < -0.3 is 19.4 Å². The molecule has 0 aliphatic carbocycles. The lowest BCUT2D eigenvalue weighted by atomic mass is 10.1. The summed E-state index contributed by atoms with van der Waals surface area (Å²) in [4.78, 5) is 33.3. The lowest BCUT2D eigenvalue weighted by Crippen LogP contribution is -2.43. The van der Waals surface area contributed by atoms with Crippen LogP contribution in [0.5, 0.6) is 0 Å². The molecule has 2 aromatic rings. The van der Waals surface area contributed by atoms with E-state index in [1.807, 2.05) is 26.8 Å². The Morgan fingerprint density at radius 1 is 1.24 bits per heavy atom. The van der Waals surface area contributed by atoms with Gasteiger partial charge in [-0.2, -0.15) is 0 Å². The Labute approximate surface area is 146 Å². The van der Waals surface area contributed by atoms with E-state index in [9.17, 15) is 9.59 Å². The molecule has 134 valence electrons. The van der Waals surface area contributed by atoms with Crippen LogP contribution in [0.15, 0.2) is 24.5 Å². The fourth-order valence-corrected chi connectivity index (χ4v) is 2.83. The first-order valence-electron chi connectivity index (χ1n) is 8.44. The van der Waals surface area contributed by atoms with Gasteiger partial charge in [-0.25, -0.2) is 14.6 Å². The Kier molecular flexibility index (Phi) is 4.65. The zero-order chi connectivity index (χ0) is 18.0. The number of piperidine rings is 1. The molecule has 3 rings (SSSR count). The predicted octanol–water partition coefficient (Wildman–Crippen LogP) is 3.12. The third kappa shape index (κ3) is 4.10. The number of likely N-dealkylation sites (tertiary alicyclic amines) is 1. The van der Waals surface area contributed by atoms with Crippen LogP contribution in [0, 0.1) is 0 Å². The first-order valence-corrected chi connectivity index (χ1v) is 8.44. The fourth-order valence-electron chi connectivity index (χ4n) is 2.83. The summed E-state index contributed by atoms with van der Waals surface area (Å²) in [5, 5.41) is 0. The minimum Gasteiger partial charge on any atom is -0.459 e. The number of aromatic nitrogens is 2. The van der Waals surface area contributed by atoms with Crippen LogP contribution in [0.2, 0.25) is 0 Å². The van der Waals surface area contributed by atoms with Crippen molar-refractivity contribution >= 4 is 23.1 Å². The molecule has 1 aromatic carbocycles. The number of H-pyrrole nitrogens is 1. The molecule has 1 saturated heterocycles. The maximum Gasteiger partial charge on any atom is 0.410 e. The summed E-state index contributed by atoms with van der Waals surface area (Å²) in [5.41, 5.74) is 1.35. The summed E-state index contributed by atoms with van der Waals surface area (Å²) in [6.07, 6.45) is 2.23. The van der Waals surface area contributed by atoms with Crippen molar-refractivity contribution in [2.24, 2.45) is 0 Å². The van der Waals surface area contributed by atoms with E-state index >= 15 is 0 Å². The van der Waals surface area contributed by atoms with E-state index < -0.39 is 5.60 Å². The maximum absolute atomic E-state index is 12.4. The van der Waals surface area contributed by atoms with Crippen LogP contribution in [0.3, 0.4) is 0 Å². The molecule has 1 amide bonds. The van der Waals surface area contributed by atoms with Crippen LogP contribution in [0.1, 0.15) is 44.0 Å². The third-order valence-corrected chi connectivity index (χ3v) is 4.04. The summed E-state index contributed by atoms with van der Waals surface area (Å²) in [6.45, 7) is 6.55. The second kappa shape index (κ2) is 6.74. The molecule has 1 fully saturated rings. The molecule has 2 heterocycles. The van der Waals surface area contributed by atoms with Crippen LogP contribution >= 0.6 is 0 Å². The van der Waals surface area contributed by atoms with Gasteiger partial charge in [0, 0.05) is 25.9 Å². The number of hydrogen-bond acceptors (Lipinski definition) is 5. The molecular formula is C18H23N3O4. The van der Waals surface area contributed by atoms with Crippen molar-refractivity contribution in [1.29, 1.82) is 0 Å². The van der Waals surface area contributed by atoms with Crippen LogP contribution in [-0.2, 0) is 9.47 Å². The number of amides is 1. The summed E-state index contributed by atoms with van der Waals surface area (Å²) in [6, 6.07) is 5.36. The normalized spacial score (nSPS) is 16.0. The number of carbonyl (C=O) groups excluding carboxylic acids is 2. The van der Waals surface area contributed by atoms with Gasteiger partial charge in [0.2, 0.25) is 0 Å². The Morgan fingerprint density at radius 3 is 2.64 bits per heavy atom. The average molecular weight is 345 g/mol. The standard InChI is InChI=1S/C18H23N3O4/c1-18(2,3)25-17(23)21-9-7-12(8-10-21)24-16(22)13-5-4-6-14-15(13)20-11-19-14/h4-6,11-12H,7-10H2,1-3H3,(H,19,20). The van der Waals surface area contributed by atoms with Crippen molar-refractivity contribution in [3.63, 3.8) is 0 Å². The summed E-state index contributed by atoms with van der Waals surface area (Å²) in [5.74, 6) is -0.381. The fraction of sp³-hybridized carbons (Fsp3) is 0.500. The van der Waals surface area contributed by atoms with E-state index in [1.165, 1.54) is 0 Å². The minimum absolute atomic E-state index is 0.208. The highest BCUT2D eigenvalue weighted by Gasteiger charge is 2.29. The topological polar surface area (TPSA) is 84.5 Å². The van der Waals surface area contributed by atoms with Crippen LogP contribution in [0.4, 0.5) is 4.79 Å². The van der Waals surface area contributed by atoms with Gasteiger partial charge in [-0.05, 0) is 32.9 Å². The Morgan fingerprint density at radius 2 is 1.96 bits per heavy atom. The average Bonchev–Trinajstić information content (AvgIpc) is 3.02. The van der Waals surface area contributed by atoms with Crippen molar-refractivity contribution in [2.75, 3.05) is 13.1 Å². The summed E-state index contributed by atoms with van der Waals surface area (Å²) in [7, 11) is 0. The van der Waals surface area contributed by atoms with E-state index in [0.29, 0.717) is 37.0 Å². The largest absolute Gasteiger partial charge is 0.459 e. The van der Waals surface area contributed by atoms with Crippen molar-refractivity contribution < 1.29 is 19.1 Å². The van der Waals surface area contributed by atoms with E-state index in [-0.39, 0.29) is 18.2 Å². The summed E-state index contributed by atoms with van der Waals surface area (Å²) >= 11 is 0. The first-order chi connectivity index (χ1) is 11.8. The number of esters is 1. The molecule has 1 N–H and O–H groups in total. The number of nitrogens with zero attached hydrogens (tertiary/aromatic N) is 2. The maximum atomic E-state index is 12.4. The molecule has 0 radical (unpaired) electrons. The van der Waals surface area contributed by atoms with Gasteiger partial charge in [-0.15, -0.1) is 0 Å². The molecule has 7 heteroatoms. The molecule has 7 nitrogen and oxygen atoms in total. The Bertz CT molecular complexity index is 770. The van der Waals surface area contributed by atoms with Gasteiger partial charge in [0.15, 0.2) is 0 Å². The summed E-state index contributed by atoms with van der Waals surface area (Å²) < 4.78 is 11.0. The Balaban J connectivity index is 1.56.